The Bertz CT molecular complexity index is 1170. The molecule has 0 aliphatic heterocycles. The van der Waals surface area contributed by atoms with E-state index in [1.807, 2.05) is 36.4 Å². The van der Waals surface area contributed by atoms with Gasteiger partial charge < -0.3 is 15.2 Å². The largest absolute Gasteiger partial charge is 0.481 e. The maximum absolute atomic E-state index is 12.6. The molecule has 0 bridgehead atoms. The molecule has 4 rings (SSSR count). The molecular weight excluding hydrogens is 454 g/mol. The Labute approximate surface area is 200 Å². The molecule has 8 nitrogen and oxygen atoms in total. The number of anilines is 1. The van der Waals surface area contributed by atoms with E-state index in [0.29, 0.717) is 5.75 Å². The van der Waals surface area contributed by atoms with E-state index in [1.54, 1.807) is 12.1 Å². The highest BCUT2D eigenvalue weighted by atomic mass is 32.2. The van der Waals surface area contributed by atoms with Crippen molar-refractivity contribution in [3.63, 3.8) is 0 Å². The maximum atomic E-state index is 12.6. The molecule has 0 atom stereocenters. The Balaban J connectivity index is 1.36. The quantitative estimate of drug-likeness (QED) is 0.399. The number of benzene rings is 2. The van der Waals surface area contributed by atoms with Crippen LogP contribution in [0.25, 0.3) is 11.1 Å². The average molecular weight is 478 g/mol. The second-order valence-corrected chi connectivity index (χ2v) is 8.66. The van der Waals surface area contributed by atoms with Gasteiger partial charge in [0, 0.05) is 24.4 Å². The maximum Gasteiger partial charge on any atom is 0.411 e. The van der Waals surface area contributed by atoms with Crippen LogP contribution in [0.15, 0.2) is 66.9 Å². The fraction of sp³-hybridized carbons (Fsp3) is 0.200. The van der Waals surface area contributed by atoms with Gasteiger partial charge in [0.25, 0.3) is 5.91 Å². The average Bonchev–Trinajstić information content (AvgIpc) is 3.16. The molecular formula is C25H23N3O5S. The minimum atomic E-state index is -0.907. The minimum absolute atomic E-state index is 0.0337. The van der Waals surface area contributed by atoms with Gasteiger partial charge >= 0.3 is 12.1 Å². The van der Waals surface area contributed by atoms with Crippen molar-refractivity contribution < 1.29 is 24.2 Å². The number of aliphatic carboxylic acids is 1. The summed E-state index contributed by atoms with van der Waals surface area (Å²) in [5, 5.41) is 14.0. The smallest absolute Gasteiger partial charge is 0.411 e. The van der Waals surface area contributed by atoms with Gasteiger partial charge in [-0.05, 0) is 34.4 Å². The molecule has 9 heteroatoms. The van der Waals surface area contributed by atoms with E-state index in [2.05, 4.69) is 27.8 Å². The third-order valence-corrected chi connectivity index (χ3v) is 6.30. The summed E-state index contributed by atoms with van der Waals surface area (Å²) in [4.78, 5) is 39.7. The summed E-state index contributed by atoms with van der Waals surface area (Å²) in [7, 11) is 0. The van der Waals surface area contributed by atoms with Crippen LogP contribution in [-0.4, -0.2) is 52.7 Å². The van der Waals surface area contributed by atoms with Crippen molar-refractivity contribution in [2.75, 3.05) is 30.0 Å². The number of pyridine rings is 1. The molecule has 0 saturated carbocycles. The summed E-state index contributed by atoms with van der Waals surface area (Å²) in [5.41, 5.74) is 4.78. The number of carboxylic acids is 1. The van der Waals surface area contributed by atoms with Crippen LogP contribution in [0.4, 0.5) is 10.5 Å². The summed E-state index contributed by atoms with van der Waals surface area (Å²) < 4.78 is 5.55. The SMILES string of the molecule is O=C(O)CSCCNC(=O)c1ncccc1NC(=O)OCC1c2ccccc2-c2ccccc21. The first-order valence-corrected chi connectivity index (χ1v) is 11.8. The number of nitrogens with one attached hydrogen (secondary N) is 2. The Morgan fingerprint density at radius 1 is 0.971 bits per heavy atom. The molecule has 1 aromatic heterocycles. The van der Waals surface area contributed by atoms with Crippen LogP contribution in [0, 0.1) is 0 Å². The van der Waals surface area contributed by atoms with Crippen LogP contribution in [-0.2, 0) is 9.53 Å². The number of thioether (sulfide) groups is 1. The molecule has 174 valence electrons. The Morgan fingerprint density at radius 3 is 2.32 bits per heavy atom. The van der Waals surface area contributed by atoms with Gasteiger partial charge in [-0.15, -0.1) is 11.8 Å². The van der Waals surface area contributed by atoms with Crippen LogP contribution in [0.1, 0.15) is 27.5 Å². The van der Waals surface area contributed by atoms with Crippen LogP contribution < -0.4 is 10.6 Å². The first-order chi connectivity index (χ1) is 16.5. The summed E-state index contributed by atoms with van der Waals surface area (Å²) >= 11 is 1.20. The number of carboxylic acid groups (broad SMARTS) is 1. The fourth-order valence-corrected chi connectivity index (χ4v) is 4.48. The Kier molecular flexibility index (Phi) is 7.44. The van der Waals surface area contributed by atoms with Gasteiger partial charge in [0.05, 0.1) is 11.4 Å². The highest BCUT2D eigenvalue weighted by Crippen LogP contribution is 2.44. The Hall–Kier alpha value is -3.85. The predicted molar refractivity (Wildman–Crippen MR) is 130 cm³/mol. The van der Waals surface area contributed by atoms with E-state index in [1.165, 1.54) is 18.0 Å². The molecule has 0 spiro atoms. The lowest BCUT2D eigenvalue weighted by molar-refractivity contribution is -0.133. The van der Waals surface area contributed by atoms with Crippen molar-refractivity contribution >= 4 is 35.4 Å². The van der Waals surface area contributed by atoms with E-state index < -0.39 is 18.0 Å². The van der Waals surface area contributed by atoms with Gasteiger partial charge in [0.1, 0.15) is 6.61 Å². The molecule has 34 heavy (non-hydrogen) atoms. The first-order valence-electron chi connectivity index (χ1n) is 10.7. The summed E-state index contributed by atoms with van der Waals surface area (Å²) in [6.45, 7) is 0.431. The third-order valence-electron chi connectivity index (χ3n) is 5.36. The number of fused-ring (bicyclic) bond motifs is 3. The molecule has 3 aromatic rings. The van der Waals surface area contributed by atoms with Crippen molar-refractivity contribution in [1.29, 1.82) is 0 Å². The first kappa shape index (κ1) is 23.3. The summed E-state index contributed by atoms with van der Waals surface area (Å²) in [5.74, 6) is -1.03. The molecule has 2 aromatic carbocycles. The number of carbonyl (C=O) groups excluding carboxylic acids is 2. The molecule has 1 aliphatic rings. The van der Waals surface area contributed by atoms with Crippen LogP contribution in [0.3, 0.4) is 0 Å². The van der Waals surface area contributed by atoms with Crippen molar-refractivity contribution in [1.82, 2.24) is 10.3 Å². The molecule has 0 saturated heterocycles. The zero-order valence-electron chi connectivity index (χ0n) is 18.2. The zero-order chi connectivity index (χ0) is 23.9. The third kappa shape index (κ3) is 5.37. The monoisotopic (exact) mass is 477 g/mol. The second kappa shape index (κ2) is 10.8. The lowest BCUT2D eigenvalue weighted by Crippen LogP contribution is -2.28. The van der Waals surface area contributed by atoms with Crippen molar-refractivity contribution in [3.05, 3.63) is 83.7 Å². The van der Waals surface area contributed by atoms with Gasteiger partial charge in [0.2, 0.25) is 0 Å². The lowest BCUT2D eigenvalue weighted by atomic mass is 9.98. The van der Waals surface area contributed by atoms with E-state index in [0.717, 1.165) is 22.3 Å². The van der Waals surface area contributed by atoms with Crippen molar-refractivity contribution in [2.24, 2.45) is 0 Å². The topological polar surface area (TPSA) is 118 Å². The van der Waals surface area contributed by atoms with Crippen LogP contribution in [0.2, 0.25) is 0 Å². The minimum Gasteiger partial charge on any atom is -0.481 e. The van der Waals surface area contributed by atoms with Gasteiger partial charge in [0.15, 0.2) is 5.69 Å². The number of nitrogens with zero attached hydrogens (tertiary/aromatic N) is 1. The van der Waals surface area contributed by atoms with E-state index >= 15 is 0 Å². The molecule has 1 heterocycles. The molecule has 0 fully saturated rings. The van der Waals surface area contributed by atoms with Crippen LogP contribution in [0.5, 0.6) is 0 Å². The standard InChI is InChI=1S/C25H23N3O5S/c29-22(30)15-34-13-12-27-24(31)23-21(10-5-11-26-23)28-25(32)33-14-20-18-8-3-1-6-16(18)17-7-2-4-9-19(17)20/h1-11,20H,12-15H2,(H,27,31)(H,28,32)(H,29,30). The summed E-state index contributed by atoms with van der Waals surface area (Å²) in [6.07, 6.45) is 0.776. The fourth-order valence-electron chi connectivity index (χ4n) is 3.91. The van der Waals surface area contributed by atoms with Gasteiger partial charge in [-0.1, -0.05) is 48.5 Å². The molecule has 1 aliphatic carbocycles. The van der Waals surface area contributed by atoms with Gasteiger partial charge in [-0.3, -0.25) is 14.9 Å². The number of aromatic nitrogens is 1. The summed E-state index contributed by atoms with van der Waals surface area (Å²) in [6, 6.07) is 19.3. The molecule has 0 radical (unpaired) electrons. The Morgan fingerprint density at radius 2 is 1.65 bits per heavy atom. The number of rotatable bonds is 9. The van der Waals surface area contributed by atoms with Crippen molar-refractivity contribution in [2.45, 2.75) is 5.92 Å². The second-order valence-electron chi connectivity index (χ2n) is 7.55. The highest BCUT2D eigenvalue weighted by Gasteiger charge is 2.29. The molecule has 3 N–H and O–H groups in total. The normalized spacial score (nSPS) is 11.9. The number of amides is 2. The highest BCUT2D eigenvalue weighted by molar-refractivity contribution is 7.99. The van der Waals surface area contributed by atoms with Gasteiger partial charge in [-0.25, -0.2) is 9.78 Å². The lowest BCUT2D eigenvalue weighted by Gasteiger charge is -2.15. The van der Waals surface area contributed by atoms with E-state index in [4.69, 9.17) is 9.84 Å². The van der Waals surface area contributed by atoms with E-state index in [9.17, 15) is 14.4 Å². The number of hydrogen-bond acceptors (Lipinski definition) is 6. The number of ether oxygens (including phenoxy) is 1. The predicted octanol–water partition coefficient (Wildman–Crippen LogP) is 3.99. The van der Waals surface area contributed by atoms with Crippen molar-refractivity contribution in [3.8, 4) is 11.1 Å². The number of carbonyl (C=O) groups is 3. The molecule has 2 amide bonds. The van der Waals surface area contributed by atoms with Gasteiger partial charge in [-0.2, -0.15) is 0 Å². The number of hydrogen-bond donors (Lipinski definition) is 3. The van der Waals surface area contributed by atoms with Crippen LogP contribution >= 0.6 is 11.8 Å². The zero-order valence-corrected chi connectivity index (χ0v) is 19.0. The van der Waals surface area contributed by atoms with E-state index in [-0.39, 0.29) is 36.2 Å². The molecule has 0 unspecified atom stereocenters.